The predicted octanol–water partition coefficient (Wildman–Crippen LogP) is -0.173. The van der Waals surface area contributed by atoms with Gasteiger partial charge in [0.15, 0.2) is 6.10 Å². The Hall–Kier alpha value is -1.10. The van der Waals surface area contributed by atoms with Gasteiger partial charge in [-0.1, -0.05) is 12.8 Å². The minimum atomic E-state index is -1.26. The number of ether oxygens (including phenoxy) is 1. The summed E-state index contributed by atoms with van der Waals surface area (Å²) < 4.78 is 4.33. The van der Waals surface area contributed by atoms with Crippen LogP contribution in [0.15, 0.2) is 0 Å². The zero-order chi connectivity index (χ0) is 11.3. The van der Waals surface area contributed by atoms with Crippen LogP contribution in [-0.2, 0) is 14.3 Å². The summed E-state index contributed by atoms with van der Waals surface area (Å²) >= 11 is 0. The van der Waals surface area contributed by atoms with Crippen molar-refractivity contribution in [3.05, 3.63) is 0 Å². The minimum Gasteiger partial charge on any atom is -0.467 e. The number of hydrogen-bond donors (Lipinski definition) is 2. The Morgan fingerprint density at radius 1 is 1.47 bits per heavy atom. The van der Waals surface area contributed by atoms with E-state index in [1.165, 1.54) is 7.11 Å². The van der Waals surface area contributed by atoms with Gasteiger partial charge in [-0.15, -0.1) is 0 Å². The van der Waals surface area contributed by atoms with Crippen LogP contribution in [0.5, 0.6) is 0 Å². The van der Waals surface area contributed by atoms with Crippen molar-refractivity contribution in [2.24, 2.45) is 5.92 Å². The number of esters is 1. The van der Waals surface area contributed by atoms with Gasteiger partial charge in [0.05, 0.1) is 13.7 Å². The maximum atomic E-state index is 11.5. The molecule has 1 fully saturated rings. The van der Waals surface area contributed by atoms with Crippen molar-refractivity contribution in [3.63, 3.8) is 0 Å². The molecule has 0 heterocycles. The monoisotopic (exact) mass is 215 g/mol. The fourth-order valence-corrected chi connectivity index (χ4v) is 1.75. The van der Waals surface area contributed by atoms with Gasteiger partial charge in [-0.25, -0.2) is 4.79 Å². The van der Waals surface area contributed by atoms with Gasteiger partial charge in [0, 0.05) is 5.92 Å². The molecule has 1 amide bonds. The third-order valence-corrected chi connectivity index (χ3v) is 2.67. The third-order valence-electron chi connectivity index (χ3n) is 2.67. The minimum absolute atomic E-state index is 0.0508. The molecule has 5 nitrogen and oxygen atoms in total. The van der Waals surface area contributed by atoms with Crippen LogP contribution < -0.4 is 5.32 Å². The van der Waals surface area contributed by atoms with Crippen molar-refractivity contribution in [1.29, 1.82) is 0 Å². The van der Waals surface area contributed by atoms with Crippen molar-refractivity contribution >= 4 is 11.9 Å². The molecule has 2 N–H and O–H groups in total. The van der Waals surface area contributed by atoms with E-state index < -0.39 is 12.1 Å². The Kier molecular flexibility index (Phi) is 4.55. The second-order valence-corrected chi connectivity index (χ2v) is 3.77. The van der Waals surface area contributed by atoms with E-state index in [4.69, 9.17) is 0 Å². The predicted molar refractivity (Wildman–Crippen MR) is 53.0 cm³/mol. The number of aliphatic hydroxyl groups is 1. The van der Waals surface area contributed by atoms with Crippen LogP contribution in [0.25, 0.3) is 0 Å². The standard InChI is InChI=1S/C10H17NO4/c1-15-10(14)8(12)6-11-9(13)7-4-2-3-5-7/h7-8,12H,2-6H2,1H3,(H,11,13). The average molecular weight is 215 g/mol. The van der Waals surface area contributed by atoms with Crippen molar-refractivity contribution < 1.29 is 19.4 Å². The third kappa shape index (κ3) is 3.51. The molecule has 1 aliphatic rings. The molecule has 0 aromatic heterocycles. The molecule has 1 atom stereocenters. The van der Waals surface area contributed by atoms with E-state index in [-0.39, 0.29) is 18.4 Å². The van der Waals surface area contributed by atoms with Crippen LogP contribution >= 0.6 is 0 Å². The highest BCUT2D eigenvalue weighted by Crippen LogP contribution is 2.24. The highest BCUT2D eigenvalue weighted by Gasteiger charge is 2.24. The average Bonchev–Trinajstić information content (AvgIpc) is 2.77. The first-order valence-electron chi connectivity index (χ1n) is 5.18. The van der Waals surface area contributed by atoms with Crippen LogP contribution in [0.4, 0.5) is 0 Å². The Labute approximate surface area is 88.8 Å². The number of rotatable bonds is 4. The molecular weight excluding hydrogens is 198 g/mol. The zero-order valence-electron chi connectivity index (χ0n) is 8.86. The molecule has 5 heteroatoms. The van der Waals surface area contributed by atoms with Gasteiger partial charge in [0.25, 0.3) is 0 Å². The molecule has 15 heavy (non-hydrogen) atoms. The lowest BCUT2D eigenvalue weighted by molar-refractivity contribution is -0.150. The second kappa shape index (κ2) is 5.70. The first-order valence-corrected chi connectivity index (χ1v) is 5.18. The van der Waals surface area contributed by atoms with Crippen LogP contribution in [-0.4, -0.2) is 36.7 Å². The number of methoxy groups -OCH3 is 1. The Morgan fingerprint density at radius 2 is 2.07 bits per heavy atom. The first kappa shape index (κ1) is 12.0. The SMILES string of the molecule is COC(=O)C(O)CNC(=O)C1CCCC1. The summed E-state index contributed by atoms with van der Waals surface area (Å²) in [4.78, 5) is 22.3. The van der Waals surface area contributed by atoms with E-state index in [0.717, 1.165) is 25.7 Å². The van der Waals surface area contributed by atoms with Gasteiger partial charge in [0.2, 0.25) is 5.91 Å². The smallest absolute Gasteiger partial charge is 0.336 e. The lowest BCUT2D eigenvalue weighted by Gasteiger charge is -2.12. The summed E-state index contributed by atoms with van der Waals surface area (Å²) in [6, 6.07) is 0. The van der Waals surface area contributed by atoms with Crippen LogP contribution in [0.1, 0.15) is 25.7 Å². The molecule has 86 valence electrons. The molecule has 0 aromatic carbocycles. The highest BCUT2D eigenvalue weighted by molar-refractivity contribution is 5.80. The molecule has 1 rings (SSSR count). The maximum absolute atomic E-state index is 11.5. The summed E-state index contributed by atoms with van der Waals surface area (Å²) in [7, 11) is 1.20. The first-order chi connectivity index (χ1) is 7.15. The topological polar surface area (TPSA) is 75.6 Å². The van der Waals surface area contributed by atoms with Crippen LogP contribution in [0.2, 0.25) is 0 Å². The van der Waals surface area contributed by atoms with E-state index in [1.807, 2.05) is 0 Å². The number of nitrogens with one attached hydrogen (secondary N) is 1. The fourth-order valence-electron chi connectivity index (χ4n) is 1.75. The van der Waals surface area contributed by atoms with Gasteiger partial charge in [0.1, 0.15) is 0 Å². The van der Waals surface area contributed by atoms with E-state index >= 15 is 0 Å². The molecule has 0 aliphatic heterocycles. The van der Waals surface area contributed by atoms with Crippen molar-refractivity contribution in [2.75, 3.05) is 13.7 Å². The molecule has 0 aromatic rings. The van der Waals surface area contributed by atoms with E-state index in [9.17, 15) is 14.7 Å². The van der Waals surface area contributed by atoms with Gasteiger partial charge in [-0.3, -0.25) is 4.79 Å². The second-order valence-electron chi connectivity index (χ2n) is 3.77. The van der Waals surface area contributed by atoms with Crippen molar-refractivity contribution in [3.8, 4) is 0 Å². The van der Waals surface area contributed by atoms with Gasteiger partial charge >= 0.3 is 5.97 Å². The molecular formula is C10H17NO4. The number of hydrogen-bond acceptors (Lipinski definition) is 4. The highest BCUT2D eigenvalue weighted by atomic mass is 16.5. The molecule has 1 saturated carbocycles. The molecule has 0 saturated heterocycles. The fraction of sp³-hybridized carbons (Fsp3) is 0.800. The van der Waals surface area contributed by atoms with Crippen LogP contribution in [0, 0.1) is 5.92 Å². The lowest BCUT2D eigenvalue weighted by Crippen LogP contribution is -2.39. The summed E-state index contributed by atoms with van der Waals surface area (Å²) in [5, 5.41) is 11.8. The van der Waals surface area contributed by atoms with E-state index in [1.54, 1.807) is 0 Å². The molecule has 0 spiro atoms. The molecule has 0 radical (unpaired) electrons. The van der Waals surface area contributed by atoms with E-state index in [0.29, 0.717) is 0 Å². The summed E-state index contributed by atoms with van der Waals surface area (Å²) in [5.74, 6) is -0.743. The number of carbonyl (C=O) groups excluding carboxylic acids is 2. The summed E-state index contributed by atoms with van der Waals surface area (Å²) in [5.41, 5.74) is 0. The zero-order valence-corrected chi connectivity index (χ0v) is 8.86. The molecule has 1 aliphatic carbocycles. The largest absolute Gasteiger partial charge is 0.467 e. The number of carbonyl (C=O) groups is 2. The normalized spacial score (nSPS) is 18.5. The van der Waals surface area contributed by atoms with Crippen molar-refractivity contribution in [1.82, 2.24) is 5.32 Å². The van der Waals surface area contributed by atoms with Gasteiger partial charge < -0.3 is 15.2 Å². The lowest BCUT2D eigenvalue weighted by atomic mass is 10.1. The Bertz CT molecular complexity index is 236. The quantitative estimate of drug-likeness (QED) is 0.638. The Balaban J connectivity index is 2.24. The molecule has 1 unspecified atom stereocenters. The summed E-state index contributed by atoms with van der Waals surface area (Å²) in [6.07, 6.45) is 2.70. The van der Waals surface area contributed by atoms with Crippen LogP contribution in [0.3, 0.4) is 0 Å². The van der Waals surface area contributed by atoms with Gasteiger partial charge in [-0.05, 0) is 12.8 Å². The van der Waals surface area contributed by atoms with E-state index in [2.05, 4.69) is 10.1 Å². The van der Waals surface area contributed by atoms with Crippen molar-refractivity contribution in [2.45, 2.75) is 31.8 Å². The van der Waals surface area contributed by atoms with Gasteiger partial charge in [-0.2, -0.15) is 0 Å². The summed E-state index contributed by atoms with van der Waals surface area (Å²) in [6.45, 7) is -0.0675. The number of amides is 1. The maximum Gasteiger partial charge on any atom is 0.336 e. The molecule has 0 bridgehead atoms. The number of aliphatic hydroxyl groups excluding tert-OH is 1. The Morgan fingerprint density at radius 3 is 2.60 bits per heavy atom.